The van der Waals surface area contributed by atoms with Crippen molar-refractivity contribution in [1.82, 2.24) is 21.1 Å². The summed E-state index contributed by atoms with van der Waals surface area (Å²) in [5, 5.41) is 8.75. The van der Waals surface area contributed by atoms with Crippen LogP contribution < -0.4 is 16.1 Å². The number of aliphatic imine (C=N–C) groups is 1. The fourth-order valence-electron chi connectivity index (χ4n) is 2.32. The van der Waals surface area contributed by atoms with Gasteiger partial charge in [-0.05, 0) is 26.2 Å². The Hall–Kier alpha value is -1.43. The first-order valence-corrected chi connectivity index (χ1v) is 6.22. The molecule has 0 spiro atoms. The van der Waals surface area contributed by atoms with Crippen molar-refractivity contribution < 1.29 is 0 Å². The number of hydrogen-bond donors (Lipinski definition) is 3. The van der Waals surface area contributed by atoms with Crippen LogP contribution in [0.25, 0.3) is 0 Å². The molecule has 1 fully saturated rings. The van der Waals surface area contributed by atoms with E-state index in [1.165, 1.54) is 0 Å². The van der Waals surface area contributed by atoms with Crippen LogP contribution in [-0.4, -0.2) is 44.2 Å². The van der Waals surface area contributed by atoms with Crippen molar-refractivity contribution in [2.45, 2.75) is 12.1 Å². The molecule has 1 aliphatic heterocycles. The molecule has 5 heteroatoms. The molecule has 5 nitrogen and oxygen atoms in total. The molecule has 1 aromatic rings. The molecule has 3 N–H and O–H groups in total. The minimum atomic E-state index is -0.265. The number of nitrogens with zero attached hydrogens (tertiary/aromatic N) is 2. The van der Waals surface area contributed by atoms with E-state index in [2.05, 4.69) is 21.1 Å². The number of para-hydroxylation sites is 1. The van der Waals surface area contributed by atoms with Crippen molar-refractivity contribution in [3.63, 3.8) is 0 Å². The van der Waals surface area contributed by atoms with E-state index in [1.807, 2.05) is 51.5 Å². The molecule has 1 heterocycles. The van der Waals surface area contributed by atoms with E-state index in [9.17, 15) is 0 Å². The molecule has 0 radical (unpaired) electrons. The smallest absolute Gasteiger partial charge is 0.154 e. The molecule has 1 aliphatic rings. The summed E-state index contributed by atoms with van der Waals surface area (Å²) < 4.78 is 0. The predicted molar refractivity (Wildman–Crippen MR) is 74.8 cm³/mol. The van der Waals surface area contributed by atoms with Gasteiger partial charge in [0.25, 0.3) is 0 Å². The van der Waals surface area contributed by atoms with Crippen LogP contribution in [0.5, 0.6) is 0 Å². The van der Waals surface area contributed by atoms with Gasteiger partial charge in [-0.2, -0.15) is 0 Å². The molecule has 1 saturated heterocycles. The van der Waals surface area contributed by atoms with Gasteiger partial charge < -0.3 is 0 Å². The van der Waals surface area contributed by atoms with Crippen LogP contribution in [0, 0.1) is 0 Å². The van der Waals surface area contributed by atoms with Crippen LogP contribution >= 0.6 is 0 Å². The van der Waals surface area contributed by atoms with Gasteiger partial charge in [0.05, 0.1) is 5.69 Å². The summed E-state index contributed by atoms with van der Waals surface area (Å²) in [5.74, 6) is 0.973. The predicted octanol–water partition coefficient (Wildman–Crippen LogP) is 0.692. The number of hydrogen-bond acceptors (Lipinski definition) is 4. The summed E-state index contributed by atoms with van der Waals surface area (Å²) in [4.78, 5) is 4.76. The molecule has 0 atom stereocenters. The first-order valence-electron chi connectivity index (χ1n) is 6.22. The van der Waals surface area contributed by atoms with E-state index in [-0.39, 0.29) is 5.66 Å². The molecule has 18 heavy (non-hydrogen) atoms. The van der Waals surface area contributed by atoms with E-state index >= 15 is 0 Å². The Kier molecular flexibility index (Phi) is 3.96. The number of benzene rings is 1. The monoisotopic (exact) mass is 247 g/mol. The first kappa shape index (κ1) is 13.0. The highest BCUT2D eigenvalue weighted by Crippen LogP contribution is 2.23. The number of amidine groups is 1. The summed E-state index contributed by atoms with van der Waals surface area (Å²) >= 11 is 0. The maximum Gasteiger partial charge on any atom is 0.154 e. The Balaban J connectivity index is 2.39. The molecule has 1 aromatic carbocycles. The topological polar surface area (TPSA) is 51.7 Å². The van der Waals surface area contributed by atoms with Crippen LogP contribution in [0.1, 0.15) is 6.42 Å². The van der Waals surface area contributed by atoms with Crippen LogP contribution in [0.4, 0.5) is 5.69 Å². The van der Waals surface area contributed by atoms with Crippen molar-refractivity contribution >= 4 is 11.5 Å². The maximum atomic E-state index is 4.76. The molecule has 2 rings (SSSR count). The van der Waals surface area contributed by atoms with Crippen molar-refractivity contribution in [3.8, 4) is 0 Å². The van der Waals surface area contributed by atoms with Crippen molar-refractivity contribution in [3.05, 3.63) is 30.3 Å². The second-order valence-corrected chi connectivity index (χ2v) is 4.30. The summed E-state index contributed by atoms with van der Waals surface area (Å²) in [6.07, 6.45) is 0.965. The lowest BCUT2D eigenvalue weighted by molar-refractivity contribution is 0.367. The minimum absolute atomic E-state index is 0.265. The third-order valence-corrected chi connectivity index (χ3v) is 3.46. The van der Waals surface area contributed by atoms with Gasteiger partial charge in [-0.15, -0.1) is 0 Å². The second-order valence-electron chi connectivity index (χ2n) is 4.30. The van der Waals surface area contributed by atoms with E-state index < -0.39 is 0 Å². The summed E-state index contributed by atoms with van der Waals surface area (Å²) in [6, 6.07) is 10.0. The van der Waals surface area contributed by atoms with Gasteiger partial charge in [-0.25, -0.2) is 10.4 Å². The maximum absolute atomic E-state index is 4.76. The molecule has 0 unspecified atom stereocenters. The highest BCUT2D eigenvalue weighted by atomic mass is 15.6. The molecule has 98 valence electrons. The van der Waals surface area contributed by atoms with Crippen molar-refractivity contribution in [2.24, 2.45) is 4.99 Å². The van der Waals surface area contributed by atoms with E-state index in [0.717, 1.165) is 24.5 Å². The summed E-state index contributed by atoms with van der Waals surface area (Å²) in [5.41, 5.74) is 3.88. The van der Waals surface area contributed by atoms with Crippen LogP contribution in [0.3, 0.4) is 0 Å². The molecule has 0 aromatic heterocycles. The zero-order valence-electron chi connectivity index (χ0n) is 11.2. The third-order valence-electron chi connectivity index (χ3n) is 3.46. The van der Waals surface area contributed by atoms with Crippen molar-refractivity contribution in [1.29, 1.82) is 0 Å². The largest absolute Gasteiger partial charge is 0.296 e. The van der Waals surface area contributed by atoms with Gasteiger partial charge in [0.15, 0.2) is 5.84 Å². The van der Waals surface area contributed by atoms with Crippen molar-refractivity contribution in [2.75, 3.05) is 27.7 Å². The Morgan fingerprint density at radius 1 is 1.11 bits per heavy atom. The fourth-order valence-corrected chi connectivity index (χ4v) is 2.32. The lowest BCUT2D eigenvalue weighted by Gasteiger charge is -2.30. The Morgan fingerprint density at radius 3 is 2.33 bits per heavy atom. The summed E-state index contributed by atoms with van der Waals surface area (Å²) in [7, 11) is 5.83. The zero-order valence-corrected chi connectivity index (χ0v) is 11.2. The molecular weight excluding hydrogens is 226 g/mol. The van der Waals surface area contributed by atoms with Gasteiger partial charge in [0.2, 0.25) is 0 Å². The lowest BCUT2D eigenvalue weighted by atomic mass is 10.1. The molecule has 0 amide bonds. The fraction of sp³-hybridized carbons (Fsp3) is 0.462. The van der Waals surface area contributed by atoms with Gasteiger partial charge in [0.1, 0.15) is 5.66 Å². The van der Waals surface area contributed by atoms with Gasteiger partial charge in [-0.3, -0.25) is 15.6 Å². The average Bonchev–Trinajstić information content (AvgIpc) is 2.78. The normalized spacial score (nSPS) is 20.6. The van der Waals surface area contributed by atoms with E-state index in [4.69, 9.17) is 4.99 Å². The van der Waals surface area contributed by atoms with Gasteiger partial charge >= 0.3 is 0 Å². The highest BCUT2D eigenvalue weighted by Gasteiger charge is 2.42. The summed E-state index contributed by atoms with van der Waals surface area (Å²) in [6.45, 7) is 0.920. The molecule has 0 bridgehead atoms. The molecule has 0 saturated carbocycles. The lowest BCUT2D eigenvalue weighted by Crippen LogP contribution is -2.60. The molecular formula is C13H21N5. The molecule has 0 aliphatic carbocycles. The first-order chi connectivity index (χ1) is 8.75. The number of likely N-dealkylation sites (N-methyl/N-ethyl adjacent to an activating group) is 2. The van der Waals surface area contributed by atoms with Crippen LogP contribution in [0.15, 0.2) is 35.3 Å². The SMILES string of the molecule is CNN1CCC(NC)(NC)C1=Nc1ccccc1. The third kappa shape index (κ3) is 2.25. The number of hydrazine groups is 1. The van der Waals surface area contributed by atoms with Crippen LogP contribution in [0.2, 0.25) is 0 Å². The Morgan fingerprint density at radius 2 is 1.78 bits per heavy atom. The number of rotatable bonds is 4. The van der Waals surface area contributed by atoms with Crippen LogP contribution in [-0.2, 0) is 0 Å². The van der Waals surface area contributed by atoms with E-state index in [0.29, 0.717) is 0 Å². The second kappa shape index (κ2) is 5.48. The zero-order chi connectivity index (χ0) is 13.0. The Bertz CT molecular complexity index is 411. The van der Waals surface area contributed by atoms with Gasteiger partial charge in [0, 0.05) is 20.0 Å². The quantitative estimate of drug-likeness (QED) is 0.685. The standard InChI is InChI=1S/C13H21N5/c1-14-13(15-2)9-10-18(16-3)12(13)17-11-7-5-4-6-8-11/h4-8,14-16H,9-10H2,1-3H3. The Labute approximate surface area is 108 Å². The minimum Gasteiger partial charge on any atom is -0.296 e. The average molecular weight is 247 g/mol. The van der Waals surface area contributed by atoms with Gasteiger partial charge in [-0.1, -0.05) is 18.2 Å². The highest BCUT2D eigenvalue weighted by molar-refractivity contribution is 5.94. The van der Waals surface area contributed by atoms with E-state index in [1.54, 1.807) is 0 Å². The number of nitrogens with one attached hydrogen (secondary N) is 3.